The molecule has 0 aliphatic carbocycles. The minimum Gasteiger partial charge on any atom is -0.490 e. The average Bonchev–Trinajstić information content (AvgIpc) is 2.55. The standard InChI is InChI=1S/C19H29NO3/c1-5-8-13-23-17-11-9-16(14-18(17)22-7-3)10-12-19(21)20-15(4)6-2/h9-12,14-15H,5-8,13H2,1-4H3,(H,20,21)/b12-10+. The molecule has 23 heavy (non-hydrogen) atoms. The third-order valence-electron chi connectivity index (χ3n) is 3.45. The normalized spacial score (nSPS) is 12.2. The Bertz CT molecular complexity index is 511. The first kappa shape index (κ1) is 19.1. The summed E-state index contributed by atoms with van der Waals surface area (Å²) in [5, 5.41) is 2.90. The average molecular weight is 319 g/mol. The van der Waals surface area contributed by atoms with E-state index in [-0.39, 0.29) is 11.9 Å². The van der Waals surface area contributed by atoms with Gasteiger partial charge in [-0.25, -0.2) is 0 Å². The molecule has 0 radical (unpaired) electrons. The lowest BCUT2D eigenvalue weighted by molar-refractivity contribution is -0.117. The van der Waals surface area contributed by atoms with Crippen molar-refractivity contribution in [3.05, 3.63) is 29.8 Å². The number of hydrogen-bond acceptors (Lipinski definition) is 3. The zero-order valence-electron chi connectivity index (χ0n) is 14.7. The molecule has 0 spiro atoms. The Balaban J connectivity index is 2.76. The van der Waals surface area contributed by atoms with Gasteiger partial charge < -0.3 is 14.8 Å². The van der Waals surface area contributed by atoms with Crippen molar-refractivity contribution in [2.75, 3.05) is 13.2 Å². The minimum absolute atomic E-state index is 0.0828. The molecule has 1 atom stereocenters. The number of hydrogen-bond donors (Lipinski definition) is 1. The second kappa shape index (κ2) is 10.7. The van der Waals surface area contributed by atoms with Crippen LogP contribution in [-0.4, -0.2) is 25.2 Å². The largest absolute Gasteiger partial charge is 0.490 e. The number of carbonyl (C=O) groups excluding carboxylic acids is 1. The van der Waals surface area contributed by atoms with E-state index < -0.39 is 0 Å². The van der Waals surface area contributed by atoms with Crippen molar-refractivity contribution in [2.24, 2.45) is 0 Å². The van der Waals surface area contributed by atoms with Crippen molar-refractivity contribution >= 4 is 12.0 Å². The van der Waals surface area contributed by atoms with E-state index in [1.54, 1.807) is 12.2 Å². The van der Waals surface area contributed by atoms with Crippen molar-refractivity contribution in [3.8, 4) is 11.5 Å². The Hall–Kier alpha value is -1.97. The molecule has 0 bridgehead atoms. The minimum atomic E-state index is -0.0828. The molecular formula is C19H29NO3. The summed E-state index contributed by atoms with van der Waals surface area (Å²) >= 11 is 0. The van der Waals surface area contributed by atoms with E-state index in [2.05, 4.69) is 12.2 Å². The topological polar surface area (TPSA) is 47.6 Å². The Morgan fingerprint density at radius 1 is 1.22 bits per heavy atom. The van der Waals surface area contributed by atoms with Crippen LogP contribution >= 0.6 is 0 Å². The van der Waals surface area contributed by atoms with E-state index in [9.17, 15) is 4.79 Å². The Labute approximate surface area is 139 Å². The number of unbranched alkanes of at least 4 members (excludes halogenated alkanes) is 1. The van der Waals surface area contributed by atoms with Crippen LogP contribution in [0.4, 0.5) is 0 Å². The SMILES string of the molecule is CCCCOc1ccc(/C=C/C(=O)NC(C)CC)cc1OCC. The molecule has 1 aromatic carbocycles. The van der Waals surface area contributed by atoms with Gasteiger partial charge in [0.15, 0.2) is 11.5 Å². The number of benzene rings is 1. The van der Waals surface area contributed by atoms with E-state index in [0.717, 1.165) is 30.6 Å². The number of rotatable bonds is 10. The molecule has 4 heteroatoms. The fraction of sp³-hybridized carbons (Fsp3) is 0.526. The predicted molar refractivity (Wildman–Crippen MR) is 94.9 cm³/mol. The predicted octanol–water partition coefficient (Wildman–Crippen LogP) is 4.19. The summed E-state index contributed by atoms with van der Waals surface area (Å²) in [6.07, 6.45) is 6.36. The first-order valence-electron chi connectivity index (χ1n) is 8.48. The third-order valence-corrected chi connectivity index (χ3v) is 3.45. The monoisotopic (exact) mass is 319 g/mol. The van der Waals surface area contributed by atoms with Gasteiger partial charge in [0.05, 0.1) is 13.2 Å². The first-order chi connectivity index (χ1) is 11.1. The van der Waals surface area contributed by atoms with Crippen LogP contribution in [0.5, 0.6) is 11.5 Å². The van der Waals surface area contributed by atoms with E-state index in [0.29, 0.717) is 19.0 Å². The van der Waals surface area contributed by atoms with Crippen LogP contribution in [0.2, 0.25) is 0 Å². The molecular weight excluding hydrogens is 290 g/mol. The highest BCUT2D eigenvalue weighted by Gasteiger charge is 2.06. The van der Waals surface area contributed by atoms with Crippen LogP contribution in [-0.2, 0) is 4.79 Å². The second-order valence-corrected chi connectivity index (χ2v) is 5.49. The van der Waals surface area contributed by atoms with Gasteiger partial charge in [-0.3, -0.25) is 4.79 Å². The van der Waals surface area contributed by atoms with Crippen LogP contribution in [0.25, 0.3) is 6.08 Å². The van der Waals surface area contributed by atoms with E-state index in [1.165, 1.54) is 0 Å². The van der Waals surface area contributed by atoms with Crippen molar-refractivity contribution in [1.82, 2.24) is 5.32 Å². The van der Waals surface area contributed by atoms with Gasteiger partial charge in [-0.05, 0) is 50.5 Å². The lowest BCUT2D eigenvalue weighted by Crippen LogP contribution is -2.30. The maximum Gasteiger partial charge on any atom is 0.244 e. The zero-order chi connectivity index (χ0) is 17.1. The van der Waals surface area contributed by atoms with Gasteiger partial charge in [0, 0.05) is 12.1 Å². The summed E-state index contributed by atoms with van der Waals surface area (Å²) in [4.78, 5) is 11.8. The molecule has 0 aliphatic rings. The maximum absolute atomic E-state index is 11.8. The van der Waals surface area contributed by atoms with Gasteiger partial charge in [-0.1, -0.05) is 26.3 Å². The summed E-state index contributed by atoms with van der Waals surface area (Å²) < 4.78 is 11.4. The van der Waals surface area contributed by atoms with Crippen LogP contribution in [0.1, 0.15) is 52.5 Å². The molecule has 0 heterocycles. The molecule has 0 saturated heterocycles. The highest BCUT2D eigenvalue weighted by atomic mass is 16.5. The zero-order valence-corrected chi connectivity index (χ0v) is 14.7. The highest BCUT2D eigenvalue weighted by molar-refractivity contribution is 5.91. The van der Waals surface area contributed by atoms with E-state index in [1.807, 2.05) is 39.0 Å². The third kappa shape index (κ3) is 7.22. The van der Waals surface area contributed by atoms with Gasteiger partial charge in [-0.2, -0.15) is 0 Å². The van der Waals surface area contributed by atoms with Crippen molar-refractivity contribution in [1.29, 1.82) is 0 Å². The summed E-state index contributed by atoms with van der Waals surface area (Å²) in [6.45, 7) is 9.36. The summed E-state index contributed by atoms with van der Waals surface area (Å²) in [5.74, 6) is 1.38. The van der Waals surface area contributed by atoms with Gasteiger partial charge in [0.2, 0.25) is 5.91 Å². The van der Waals surface area contributed by atoms with Crippen molar-refractivity contribution in [2.45, 2.75) is 53.0 Å². The molecule has 0 aliphatic heterocycles. The van der Waals surface area contributed by atoms with Crippen LogP contribution in [0.3, 0.4) is 0 Å². The number of amides is 1. The van der Waals surface area contributed by atoms with Gasteiger partial charge in [0.1, 0.15) is 0 Å². The van der Waals surface area contributed by atoms with Crippen LogP contribution in [0, 0.1) is 0 Å². The Morgan fingerprint density at radius 3 is 2.65 bits per heavy atom. The van der Waals surface area contributed by atoms with Gasteiger partial charge in [-0.15, -0.1) is 0 Å². The quantitative estimate of drug-likeness (QED) is 0.519. The molecule has 0 saturated carbocycles. The summed E-state index contributed by atoms with van der Waals surface area (Å²) in [5.41, 5.74) is 0.913. The molecule has 1 unspecified atom stereocenters. The highest BCUT2D eigenvalue weighted by Crippen LogP contribution is 2.29. The van der Waals surface area contributed by atoms with Crippen molar-refractivity contribution < 1.29 is 14.3 Å². The fourth-order valence-corrected chi connectivity index (χ4v) is 1.91. The maximum atomic E-state index is 11.8. The molecule has 1 aromatic rings. The molecule has 4 nitrogen and oxygen atoms in total. The fourth-order valence-electron chi connectivity index (χ4n) is 1.91. The van der Waals surface area contributed by atoms with E-state index >= 15 is 0 Å². The molecule has 0 fully saturated rings. The lowest BCUT2D eigenvalue weighted by atomic mass is 10.2. The molecule has 1 rings (SSSR count). The van der Waals surface area contributed by atoms with Gasteiger partial charge >= 0.3 is 0 Å². The molecule has 0 aromatic heterocycles. The first-order valence-corrected chi connectivity index (χ1v) is 8.48. The number of carbonyl (C=O) groups is 1. The second-order valence-electron chi connectivity index (χ2n) is 5.49. The Morgan fingerprint density at radius 2 is 2.00 bits per heavy atom. The van der Waals surface area contributed by atoms with Gasteiger partial charge in [0.25, 0.3) is 0 Å². The van der Waals surface area contributed by atoms with E-state index in [4.69, 9.17) is 9.47 Å². The van der Waals surface area contributed by atoms with Crippen LogP contribution < -0.4 is 14.8 Å². The smallest absolute Gasteiger partial charge is 0.244 e. The summed E-state index contributed by atoms with van der Waals surface area (Å²) in [6, 6.07) is 5.90. The number of nitrogens with one attached hydrogen (secondary N) is 1. The molecule has 1 N–H and O–H groups in total. The lowest BCUT2D eigenvalue weighted by Gasteiger charge is -2.12. The van der Waals surface area contributed by atoms with Crippen molar-refractivity contribution in [3.63, 3.8) is 0 Å². The summed E-state index contributed by atoms with van der Waals surface area (Å²) in [7, 11) is 0. The van der Waals surface area contributed by atoms with Crippen LogP contribution in [0.15, 0.2) is 24.3 Å². The Kier molecular flexibility index (Phi) is 8.88. The molecule has 128 valence electrons. The number of ether oxygens (including phenoxy) is 2. The molecule has 1 amide bonds.